The van der Waals surface area contributed by atoms with Gasteiger partial charge >= 0.3 is 5.97 Å². The molecule has 0 saturated heterocycles. The summed E-state index contributed by atoms with van der Waals surface area (Å²) in [5, 5.41) is 10.6. The number of rotatable bonds is 8. The van der Waals surface area contributed by atoms with Crippen LogP contribution in [0.3, 0.4) is 0 Å². The first-order valence-corrected chi connectivity index (χ1v) is 11.4. The zero-order valence-corrected chi connectivity index (χ0v) is 19.3. The number of furan rings is 1. The predicted molar refractivity (Wildman–Crippen MR) is 127 cm³/mol. The molecule has 4 aromatic rings. The van der Waals surface area contributed by atoms with Crippen LogP contribution in [0, 0.1) is 0 Å². The maximum atomic E-state index is 13.4. The molecule has 3 aromatic carbocycles. The van der Waals surface area contributed by atoms with E-state index in [0.29, 0.717) is 16.7 Å². The maximum Gasteiger partial charge on any atom is 0.328 e. The second kappa shape index (κ2) is 8.99. The average Bonchev–Trinajstić information content (AvgIpc) is 3.18. The van der Waals surface area contributed by atoms with Crippen LogP contribution in [-0.2, 0) is 14.8 Å². The molecule has 0 unspecified atom stereocenters. The predicted octanol–water partition coefficient (Wildman–Crippen LogP) is 4.51. The molecule has 0 bridgehead atoms. The highest BCUT2D eigenvalue weighted by Gasteiger charge is 2.26. The summed E-state index contributed by atoms with van der Waals surface area (Å²) < 4.78 is 51.3. The zero-order chi connectivity index (χ0) is 24.5. The number of methoxy groups -OCH3 is 3. The normalized spacial score (nSPS) is 11.7. The van der Waals surface area contributed by atoms with Crippen molar-refractivity contribution < 1.29 is 36.9 Å². The van der Waals surface area contributed by atoms with E-state index in [0.717, 1.165) is 16.8 Å². The fourth-order valence-corrected chi connectivity index (χ4v) is 4.89. The summed E-state index contributed by atoms with van der Waals surface area (Å²) in [5.74, 6) is -0.807. The number of carboxylic acids is 1. The van der Waals surface area contributed by atoms with Crippen molar-refractivity contribution in [1.82, 2.24) is 0 Å². The Balaban J connectivity index is 1.84. The first-order chi connectivity index (χ1) is 16.3. The van der Waals surface area contributed by atoms with Crippen molar-refractivity contribution in [3.8, 4) is 17.2 Å². The minimum Gasteiger partial charge on any atom is -0.495 e. The van der Waals surface area contributed by atoms with E-state index in [-0.39, 0.29) is 27.8 Å². The van der Waals surface area contributed by atoms with Crippen LogP contribution in [0.15, 0.2) is 63.9 Å². The van der Waals surface area contributed by atoms with Gasteiger partial charge in [0.05, 0.1) is 27.0 Å². The van der Waals surface area contributed by atoms with Crippen LogP contribution in [0.2, 0.25) is 0 Å². The van der Waals surface area contributed by atoms with E-state index in [9.17, 15) is 13.2 Å². The van der Waals surface area contributed by atoms with Gasteiger partial charge in [-0.1, -0.05) is 18.2 Å². The summed E-state index contributed by atoms with van der Waals surface area (Å²) in [5.41, 5.74) is 1.58. The van der Waals surface area contributed by atoms with Gasteiger partial charge in [0.1, 0.15) is 21.8 Å². The Morgan fingerprint density at radius 2 is 1.68 bits per heavy atom. The Bertz CT molecular complexity index is 1540. The van der Waals surface area contributed by atoms with Crippen LogP contribution >= 0.6 is 0 Å². The van der Waals surface area contributed by atoms with Crippen molar-refractivity contribution in [2.24, 2.45) is 0 Å². The number of para-hydroxylation sites is 1. The van der Waals surface area contributed by atoms with Crippen molar-refractivity contribution >= 4 is 49.7 Å². The summed E-state index contributed by atoms with van der Waals surface area (Å²) in [6.45, 7) is 0. The number of carboxylic acid groups (broad SMARTS) is 1. The number of ether oxygens (including phenoxy) is 3. The molecule has 0 fully saturated rings. The van der Waals surface area contributed by atoms with Gasteiger partial charge in [-0.05, 0) is 35.9 Å². The fourth-order valence-electron chi connectivity index (χ4n) is 3.61. The highest BCUT2D eigenvalue weighted by Crippen LogP contribution is 2.40. The molecule has 0 amide bonds. The Kier molecular flexibility index (Phi) is 6.08. The highest BCUT2D eigenvalue weighted by molar-refractivity contribution is 7.92. The van der Waals surface area contributed by atoms with Crippen molar-refractivity contribution in [3.63, 3.8) is 0 Å². The van der Waals surface area contributed by atoms with Crippen LogP contribution in [0.25, 0.3) is 28.0 Å². The van der Waals surface area contributed by atoms with Crippen molar-refractivity contribution in [2.45, 2.75) is 4.90 Å². The van der Waals surface area contributed by atoms with Crippen LogP contribution in [0.5, 0.6) is 17.2 Å². The van der Waals surface area contributed by atoms with Gasteiger partial charge in [-0.25, -0.2) is 13.2 Å². The van der Waals surface area contributed by atoms with E-state index in [1.165, 1.54) is 39.5 Å². The lowest BCUT2D eigenvalue weighted by Gasteiger charge is -2.16. The van der Waals surface area contributed by atoms with Gasteiger partial charge < -0.3 is 23.7 Å². The molecule has 0 aliphatic carbocycles. The standard InChI is InChI=1S/C24H21NO8S/c1-30-20-12-16-15-6-4-5-7-18(15)33-19(16)13-17(20)25-34(28,29)22-11-14(8-9-23(26)27)10-21(31-2)24(22)32-3/h4-13,25H,1-3H3,(H,26,27)/b9-8+. The van der Waals surface area contributed by atoms with Gasteiger partial charge in [0.2, 0.25) is 0 Å². The molecular formula is C24H21NO8S. The molecule has 1 heterocycles. The topological polar surface area (TPSA) is 124 Å². The summed E-state index contributed by atoms with van der Waals surface area (Å²) >= 11 is 0. The zero-order valence-electron chi connectivity index (χ0n) is 18.5. The van der Waals surface area contributed by atoms with E-state index < -0.39 is 16.0 Å². The van der Waals surface area contributed by atoms with E-state index in [1.54, 1.807) is 12.1 Å². The highest BCUT2D eigenvalue weighted by atomic mass is 32.2. The first-order valence-electron chi connectivity index (χ1n) is 9.96. The van der Waals surface area contributed by atoms with E-state index in [2.05, 4.69) is 4.72 Å². The molecule has 9 nitrogen and oxygen atoms in total. The molecule has 0 atom stereocenters. The Hall–Kier alpha value is -4.18. The summed E-state index contributed by atoms with van der Waals surface area (Å²) in [6, 6.07) is 13.4. The number of sulfonamides is 1. The largest absolute Gasteiger partial charge is 0.495 e. The van der Waals surface area contributed by atoms with Gasteiger partial charge in [0.25, 0.3) is 10.0 Å². The van der Waals surface area contributed by atoms with E-state index >= 15 is 0 Å². The van der Waals surface area contributed by atoms with Crippen molar-refractivity contribution in [3.05, 3.63) is 60.2 Å². The quantitative estimate of drug-likeness (QED) is 0.351. The number of anilines is 1. The molecule has 4 rings (SSSR count). The first kappa shape index (κ1) is 23.0. The van der Waals surface area contributed by atoms with Gasteiger partial charge in [0.15, 0.2) is 11.5 Å². The summed E-state index contributed by atoms with van der Waals surface area (Å²) in [7, 11) is -0.144. The number of benzene rings is 3. The smallest absolute Gasteiger partial charge is 0.328 e. The van der Waals surface area contributed by atoms with E-state index in [4.69, 9.17) is 23.7 Å². The van der Waals surface area contributed by atoms with Gasteiger partial charge in [-0.2, -0.15) is 0 Å². The lowest BCUT2D eigenvalue weighted by molar-refractivity contribution is -0.131. The number of aliphatic carboxylic acids is 1. The lowest BCUT2D eigenvalue weighted by Crippen LogP contribution is -2.15. The summed E-state index contributed by atoms with van der Waals surface area (Å²) in [4.78, 5) is 10.7. The molecular weight excluding hydrogens is 462 g/mol. The third-order valence-corrected chi connectivity index (χ3v) is 6.49. The molecule has 176 valence electrons. The van der Waals surface area contributed by atoms with Crippen LogP contribution < -0.4 is 18.9 Å². The Labute approximate surface area is 195 Å². The molecule has 2 N–H and O–H groups in total. The third-order valence-electron chi connectivity index (χ3n) is 5.12. The minimum atomic E-state index is -4.24. The molecule has 10 heteroatoms. The molecule has 0 aliphatic rings. The van der Waals surface area contributed by atoms with Crippen LogP contribution in [0.4, 0.5) is 5.69 Å². The SMILES string of the molecule is COc1cc2c(cc1NS(=O)(=O)c1cc(/C=C/C(=O)O)cc(OC)c1OC)oc1ccccc12. The van der Waals surface area contributed by atoms with E-state index in [1.807, 2.05) is 24.3 Å². The van der Waals surface area contributed by atoms with Gasteiger partial charge in [-0.3, -0.25) is 4.72 Å². The Morgan fingerprint density at radius 1 is 0.941 bits per heavy atom. The second-order valence-electron chi connectivity index (χ2n) is 7.18. The average molecular weight is 483 g/mol. The fraction of sp³-hybridized carbons (Fsp3) is 0.125. The van der Waals surface area contributed by atoms with Crippen LogP contribution in [-0.4, -0.2) is 40.8 Å². The number of hydrogen-bond donors (Lipinski definition) is 2. The van der Waals surface area contributed by atoms with Gasteiger partial charge in [0, 0.05) is 22.9 Å². The molecule has 34 heavy (non-hydrogen) atoms. The monoisotopic (exact) mass is 483 g/mol. The Morgan fingerprint density at radius 3 is 2.35 bits per heavy atom. The number of carbonyl (C=O) groups is 1. The second-order valence-corrected chi connectivity index (χ2v) is 8.83. The van der Waals surface area contributed by atoms with Crippen molar-refractivity contribution in [1.29, 1.82) is 0 Å². The molecule has 0 saturated carbocycles. The van der Waals surface area contributed by atoms with Gasteiger partial charge in [-0.15, -0.1) is 0 Å². The molecule has 0 radical (unpaired) electrons. The lowest BCUT2D eigenvalue weighted by atomic mass is 10.1. The molecule has 1 aromatic heterocycles. The minimum absolute atomic E-state index is 0.0359. The third kappa shape index (κ3) is 4.23. The van der Waals surface area contributed by atoms with Crippen molar-refractivity contribution in [2.75, 3.05) is 26.1 Å². The number of hydrogen-bond acceptors (Lipinski definition) is 7. The molecule has 0 aliphatic heterocycles. The number of nitrogens with one attached hydrogen (secondary N) is 1. The number of fused-ring (bicyclic) bond motifs is 3. The summed E-state index contributed by atoms with van der Waals surface area (Å²) in [6.07, 6.45) is 2.15. The van der Waals surface area contributed by atoms with Crippen LogP contribution in [0.1, 0.15) is 5.56 Å². The molecule has 0 spiro atoms. The maximum absolute atomic E-state index is 13.4.